The number of hydrogen-bond acceptors (Lipinski definition) is 6. The van der Waals surface area contributed by atoms with Crippen molar-refractivity contribution in [3.63, 3.8) is 0 Å². The van der Waals surface area contributed by atoms with Gasteiger partial charge >= 0.3 is 0 Å². The molecule has 21 heavy (non-hydrogen) atoms. The Bertz CT molecular complexity index is 671. The maximum atomic E-state index is 12.2. The van der Waals surface area contributed by atoms with Crippen LogP contribution in [0.15, 0.2) is 18.2 Å². The van der Waals surface area contributed by atoms with E-state index in [9.17, 15) is 4.79 Å². The maximum Gasteiger partial charge on any atom is 0.260 e. The van der Waals surface area contributed by atoms with E-state index in [0.717, 1.165) is 24.2 Å². The Morgan fingerprint density at radius 3 is 2.48 bits per heavy atom. The van der Waals surface area contributed by atoms with Gasteiger partial charge in [-0.1, -0.05) is 13.8 Å². The van der Waals surface area contributed by atoms with Crippen LogP contribution in [0.3, 0.4) is 0 Å². The van der Waals surface area contributed by atoms with Crippen LogP contribution in [0.25, 0.3) is 0 Å². The molecule has 0 saturated heterocycles. The highest BCUT2D eigenvalue weighted by Gasteiger charge is 2.13. The molecule has 0 saturated carbocycles. The molecule has 0 atom stereocenters. The van der Waals surface area contributed by atoms with Crippen molar-refractivity contribution >= 4 is 23.2 Å². The molecular formula is C14H18N6O. The third-order valence-corrected chi connectivity index (χ3v) is 3.05. The molecule has 1 heterocycles. The van der Waals surface area contributed by atoms with Crippen molar-refractivity contribution in [2.24, 2.45) is 0 Å². The zero-order valence-electron chi connectivity index (χ0n) is 12.1. The number of hydrogen-bond donors (Lipinski definition) is 3. The molecule has 110 valence electrons. The number of nitrogen functional groups attached to an aromatic ring is 2. The van der Waals surface area contributed by atoms with Crippen LogP contribution in [0, 0.1) is 0 Å². The topological polar surface area (TPSA) is 120 Å². The second-order valence-corrected chi connectivity index (χ2v) is 4.54. The van der Waals surface area contributed by atoms with Gasteiger partial charge in [0.15, 0.2) is 0 Å². The minimum absolute atomic E-state index is 0.172. The van der Waals surface area contributed by atoms with E-state index in [4.69, 9.17) is 11.5 Å². The van der Waals surface area contributed by atoms with Gasteiger partial charge in [-0.2, -0.15) is 0 Å². The molecule has 0 radical (unpaired) electrons. The summed E-state index contributed by atoms with van der Waals surface area (Å²) in [4.78, 5) is 16.5. The monoisotopic (exact) mass is 286 g/mol. The number of nitrogens with zero attached hydrogens (tertiary/aromatic N) is 3. The Morgan fingerprint density at radius 2 is 1.86 bits per heavy atom. The standard InChI is InChI=1S/C14H18N6O/c1-3-11-12(4-2)19-20-14(17-11)18-13(21)9-6-5-8(15)7-10(9)16/h5-7H,3-4,15-16H2,1-2H3,(H,17,18,20,21). The lowest BCUT2D eigenvalue weighted by atomic mass is 10.1. The Balaban J connectivity index is 2.23. The first-order valence-corrected chi connectivity index (χ1v) is 6.74. The van der Waals surface area contributed by atoms with Crippen LogP contribution in [-0.2, 0) is 12.8 Å². The molecule has 7 nitrogen and oxygen atoms in total. The van der Waals surface area contributed by atoms with Crippen molar-refractivity contribution in [3.05, 3.63) is 35.2 Å². The summed E-state index contributed by atoms with van der Waals surface area (Å²) in [6.07, 6.45) is 1.48. The van der Waals surface area contributed by atoms with Gasteiger partial charge in [0.25, 0.3) is 5.91 Å². The van der Waals surface area contributed by atoms with Crippen molar-refractivity contribution in [1.29, 1.82) is 0 Å². The lowest BCUT2D eigenvalue weighted by Gasteiger charge is -2.08. The van der Waals surface area contributed by atoms with Crippen LogP contribution in [-0.4, -0.2) is 21.1 Å². The Morgan fingerprint density at radius 1 is 1.14 bits per heavy atom. The smallest absolute Gasteiger partial charge is 0.260 e. The minimum Gasteiger partial charge on any atom is -0.399 e. The molecule has 0 bridgehead atoms. The molecule has 0 unspecified atom stereocenters. The van der Waals surface area contributed by atoms with E-state index in [2.05, 4.69) is 20.5 Å². The summed E-state index contributed by atoms with van der Waals surface area (Å²) in [5, 5.41) is 10.6. The number of benzene rings is 1. The third kappa shape index (κ3) is 3.25. The molecule has 0 aliphatic heterocycles. The maximum absolute atomic E-state index is 12.2. The fourth-order valence-electron chi connectivity index (χ4n) is 1.95. The highest BCUT2D eigenvalue weighted by atomic mass is 16.1. The first-order valence-electron chi connectivity index (χ1n) is 6.74. The largest absolute Gasteiger partial charge is 0.399 e. The number of rotatable bonds is 4. The van der Waals surface area contributed by atoms with Gasteiger partial charge in [-0.15, -0.1) is 10.2 Å². The van der Waals surface area contributed by atoms with Crippen molar-refractivity contribution in [3.8, 4) is 0 Å². The minimum atomic E-state index is -0.388. The quantitative estimate of drug-likeness (QED) is 0.731. The fourth-order valence-corrected chi connectivity index (χ4v) is 1.95. The summed E-state index contributed by atoms with van der Waals surface area (Å²) < 4.78 is 0. The highest BCUT2D eigenvalue weighted by Crippen LogP contribution is 2.17. The van der Waals surface area contributed by atoms with Gasteiger partial charge in [-0.05, 0) is 31.0 Å². The van der Waals surface area contributed by atoms with Gasteiger partial charge in [0.05, 0.1) is 17.0 Å². The Labute approximate surface area is 122 Å². The molecule has 0 aliphatic rings. The number of aromatic nitrogens is 3. The number of carbonyl (C=O) groups is 1. The van der Waals surface area contributed by atoms with E-state index in [0.29, 0.717) is 16.9 Å². The van der Waals surface area contributed by atoms with Gasteiger partial charge in [-0.25, -0.2) is 4.98 Å². The molecule has 1 amide bonds. The summed E-state index contributed by atoms with van der Waals surface area (Å²) in [7, 11) is 0. The predicted molar refractivity (Wildman–Crippen MR) is 81.8 cm³/mol. The average molecular weight is 286 g/mol. The van der Waals surface area contributed by atoms with Crippen LogP contribution in [0.5, 0.6) is 0 Å². The molecule has 2 aromatic rings. The second-order valence-electron chi connectivity index (χ2n) is 4.54. The Hall–Kier alpha value is -2.70. The van der Waals surface area contributed by atoms with E-state index in [1.807, 2.05) is 13.8 Å². The zero-order chi connectivity index (χ0) is 15.4. The van der Waals surface area contributed by atoms with E-state index in [-0.39, 0.29) is 11.9 Å². The van der Waals surface area contributed by atoms with Crippen LogP contribution in [0.2, 0.25) is 0 Å². The first kappa shape index (κ1) is 14.7. The number of anilines is 3. The van der Waals surface area contributed by atoms with Gasteiger partial charge in [0.2, 0.25) is 5.95 Å². The summed E-state index contributed by atoms with van der Waals surface area (Å²) in [5.41, 5.74) is 14.2. The molecule has 1 aromatic carbocycles. The highest BCUT2D eigenvalue weighted by molar-refractivity contribution is 6.07. The molecule has 1 aromatic heterocycles. The van der Waals surface area contributed by atoms with E-state index in [1.165, 1.54) is 6.07 Å². The van der Waals surface area contributed by atoms with E-state index in [1.54, 1.807) is 12.1 Å². The molecule has 0 fully saturated rings. The lowest BCUT2D eigenvalue weighted by molar-refractivity contribution is 0.102. The molecule has 7 heteroatoms. The van der Waals surface area contributed by atoms with Crippen molar-refractivity contribution in [1.82, 2.24) is 15.2 Å². The van der Waals surface area contributed by atoms with Crippen LogP contribution < -0.4 is 16.8 Å². The summed E-state index contributed by atoms with van der Waals surface area (Å²) >= 11 is 0. The molecule has 2 rings (SSSR count). The molecular weight excluding hydrogens is 268 g/mol. The second kappa shape index (κ2) is 6.17. The van der Waals surface area contributed by atoms with Gasteiger partial charge in [-0.3, -0.25) is 10.1 Å². The van der Waals surface area contributed by atoms with E-state index < -0.39 is 0 Å². The summed E-state index contributed by atoms with van der Waals surface area (Å²) in [5.74, 6) is -0.217. The Kier molecular flexibility index (Phi) is 4.32. The van der Waals surface area contributed by atoms with Gasteiger partial charge < -0.3 is 11.5 Å². The first-order chi connectivity index (χ1) is 10.0. The third-order valence-electron chi connectivity index (χ3n) is 3.05. The van der Waals surface area contributed by atoms with Gasteiger partial charge in [0, 0.05) is 11.4 Å². The van der Waals surface area contributed by atoms with Crippen molar-refractivity contribution < 1.29 is 4.79 Å². The summed E-state index contributed by atoms with van der Waals surface area (Å²) in [6, 6.07) is 4.71. The zero-order valence-corrected chi connectivity index (χ0v) is 12.1. The summed E-state index contributed by atoms with van der Waals surface area (Å²) in [6.45, 7) is 3.96. The van der Waals surface area contributed by atoms with Crippen molar-refractivity contribution in [2.45, 2.75) is 26.7 Å². The number of carbonyl (C=O) groups excluding carboxylic acids is 1. The van der Waals surface area contributed by atoms with Crippen LogP contribution >= 0.6 is 0 Å². The number of amides is 1. The lowest BCUT2D eigenvalue weighted by Crippen LogP contribution is -2.18. The predicted octanol–water partition coefficient (Wildman–Crippen LogP) is 1.41. The molecule has 5 N–H and O–H groups in total. The van der Waals surface area contributed by atoms with Crippen LogP contribution in [0.1, 0.15) is 35.6 Å². The SMILES string of the molecule is CCc1nnc(NC(=O)c2ccc(N)cc2N)nc1CC. The number of nitrogens with one attached hydrogen (secondary N) is 1. The van der Waals surface area contributed by atoms with E-state index >= 15 is 0 Å². The average Bonchev–Trinajstić information content (AvgIpc) is 2.46. The van der Waals surface area contributed by atoms with Crippen molar-refractivity contribution in [2.75, 3.05) is 16.8 Å². The normalized spacial score (nSPS) is 10.4. The molecule has 0 aliphatic carbocycles. The number of nitrogens with two attached hydrogens (primary N) is 2. The van der Waals surface area contributed by atoms with Gasteiger partial charge in [0.1, 0.15) is 0 Å². The number of aryl methyl sites for hydroxylation is 2. The van der Waals surface area contributed by atoms with Crippen LogP contribution in [0.4, 0.5) is 17.3 Å². The molecule has 0 spiro atoms. The fraction of sp³-hybridized carbons (Fsp3) is 0.286.